The molecule has 6 nitrogen and oxygen atoms in total. The van der Waals surface area contributed by atoms with Crippen LogP contribution in [0.15, 0.2) is 76.1 Å². The highest BCUT2D eigenvalue weighted by atomic mass is 79.9. The van der Waals surface area contributed by atoms with E-state index in [0.717, 1.165) is 22.3 Å². The summed E-state index contributed by atoms with van der Waals surface area (Å²) in [7, 11) is 1.54. The normalized spacial score (nSPS) is 14.4. The summed E-state index contributed by atoms with van der Waals surface area (Å²) in [6.07, 6.45) is 1.68. The first-order chi connectivity index (χ1) is 16.9. The van der Waals surface area contributed by atoms with Gasteiger partial charge in [-0.25, -0.2) is 0 Å². The Labute approximate surface area is 225 Å². The van der Waals surface area contributed by atoms with Gasteiger partial charge in [0.05, 0.1) is 16.5 Å². The first-order valence-electron chi connectivity index (χ1n) is 10.2. The molecule has 0 atom stereocenters. The summed E-state index contributed by atoms with van der Waals surface area (Å²) in [6, 6.07) is 19.5. The van der Waals surface area contributed by atoms with Crippen LogP contribution in [0.5, 0.6) is 11.5 Å². The minimum Gasteiger partial charge on any atom is -0.493 e. The maximum atomic E-state index is 12.9. The van der Waals surface area contributed by atoms with Crippen molar-refractivity contribution in [1.29, 1.82) is 0 Å². The summed E-state index contributed by atoms with van der Waals surface area (Å²) < 4.78 is 12.4. The van der Waals surface area contributed by atoms with Crippen LogP contribution in [-0.4, -0.2) is 28.3 Å². The lowest BCUT2D eigenvalue weighted by atomic mass is 10.1. The van der Waals surface area contributed by atoms with Crippen molar-refractivity contribution >= 4 is 73.7 Å². The summed E-state index contributed by atoms with van der Waals surface area (Å²) in [6.45, 7) is 0.325. The minimum absolute atomic E-state index is 0.236. The Morgan fingerprint density at radius 3 is 2.57 bits per heavy atom. The molecule has 0 spiro atoms. The number of halogens is 2. The van der Waals surface area contributed by atoms with Crippen LogP contribution < -0.4 is 14.9 Å². The number of nitrogens with zero attached hydrogens (tertiary/aromatic N) is 1. The molecule has 0 bridgehead atoms. The smallest absolute Gasteiger partial charge is 0.285 e. The van der Waals surface area contributed by atoms with Crippen LogP contribution in [0.25, 0.3) is 6.08 Å². The van der Waals surface area contributed by atoms with Crippen LogP contribution in [0.1, 0.15) is 21.5 Å². The molecule has 1 saturated heterocycles. The van der Waals surface area contributed by atoms with Crippen molar-refractivity contribution in [3.05, 3.63) is 97.8 Å². The number of thioether (sulfide) groups is 1. The molecular weight excluding hydrogens is 572 g/mol. The molecule has 3 aromatic carbocycles. The van der Waals surface area contributed by atoms with Crippen molar-refractivity contribution in [1.82, 2.24) is 10.4 Å². The third-order valence-corrected chi connectivity index (χ3v) is 7.03. The highest BCUT2D eigenvalue weighted by Gasteiger charge is 2.34. The van der Waals surface area contributed by atoms with Gasteiger partial charge in [-0.1, -0.05) is 53.7 Å². The van der Waals surface area contributed by atoms with E-state index in [9.17, 15) is 9.59 Å². The molecule has 0 unspecified atom stereocenters. The largest absolute Gasteiger partial charge is 0.493 e. The monoisotopic (exact) mass is 588 g/mol. The lowest BCUT2D eigenvalue weighted by Gasteiger charge is -2.15. The Morgan fingerprint density at radius 1 is 1.17 bits per heavy atom. The summed E-state index contributed by atoms with van der Waals surface area (Å²) in [5.74, 6) is 0.187. The fourth-order valence-corrected chi connectivity index (χ4v) is 5.05. The molecule has 0 aliphatic carbocycles. The fraction of sp³-hybridized carbons (Fsp3) is 0.0800. The molecule has 1 fully saturated rings. The zero-order valence-corrected chi connectivity index (χ0v) is 22.3. The minimum atomic E-state index is -0.422. The first kappa shape index (κ1) is 25.2. The number of hydrogen-bond donors (Lipinski definition) is 1. The Bertz CT molecular complexity index is 1320. The van der Waals surface area contributed by atoms with Crippen LogP contribution in [0, 0.1) is 0 Å². The van der Waals surface area contributed by atoms with Crippen LogP contribution in [-0.2, 0) is 11.4 Å². The number of rotatable bonds is 7. The summed E-state index contributed by atoms with van der Waals surface area (Å²) in [4.78, 5) is 25.8. The van der Waals surface area contributed by atoms with E-state index in [1.807, 2.05) is 18.2 Å². The number of methoxy groups -OCH3 is 1. The third kappa shape index (κ3) is 6.05. The van der Waals surface area contributed by atoms with Crippen LogP contribution in [0.2, 0.25) is 5.02 Å². The Balaban J connectivity index is 1.51. The zero-order valence-electron chi connectivity index (χ0n) is 18.3. The molecule has 1 N–H and O–H groups in total. The van der Waals surface area contributed by atoms with Gasteiger partial charge in [0.25, 0.3) is 11.8 Å². The predicted octanol–water partition coefficient (Wildman–Crippen LogP) is 6.24. The average molecular weight is 590 g/mol. The van der Waals surface area contributed by atoms with E-state index in [1.165, 1.54) is 0 Å². The Hall–Kier alpha value is -2.85. The van der Waals surface area contributed by atoms with E-state index in [1.54, 1.807) is 61.7 Å². The molecule has 1 aliphatic rings. The molecule has 2 amide bonds. The number of carbonyl (C=O) groups excluding carboxylic acids is 2. The van der Waals surface area contributed by atoms with Crippen molar-refractivity contribution in [3.63, 3.8) is 0 Å². The second-order valence-corrected chi connectivity index (χ2v) is 10.2. The van der Waals surface area contributed by atoms with Gasteiger partial charge in [0.1, 0.15) is 6.61 Å². The molecule has 178 valence electrons. The van der Waals surface area contributed by atoms with Gasteiger partial charge in [-0.3, -0.25) is 15.0 Å². The predicted molar refractivity (Wildman–Crippen MR) is 145 cm³/mol. The van der Waals surface area contributed by atoms with Crippen LogP contribution in [0.4, 0.5) is 0 Å². The molecule has 35 heavy (non-hydrogen) atoms. The van der Waals surface area contributed by atoms with Gasteiger partial charge in [-0.05, 0) is 81.7 Å². The van der Waals surface area contributed by atoms with E-state index in [4.69, 9.17) is 33.3 Å². The number of ether oxygens (including phenoxy) is 2. The van der Waals surface area contributed by atoms with Crippen LogP contribution in [0.3, 0.4) is 0 Å². The highest BCUT2D eigenvalue weighted by Crippen LogP contribution is 2.39. The summed E-state index contributed by atoms with van der Waals surface area (Å²) >= 11 is 15.9. The number of hydrazine groups is 1. The third-order valence-electron chi connectivity index (χ3n) is 4.89. The fourth-order valence-electron chi connectivity index (χ4n) is 3.17. The Morgan fingerprint density at radius 2 is 1.89 bits per heavy atom. The first-order valence-corrected chi connectivity index (χ1v) is 12.6. The van der Waals surface area contributed by atoms with Crippen molar-refractivity contribution in [3.8, 4) is 11.5 Å². The second kappa shape index (κ2) is 11.3. The van der Waals surface area contributed by atoms with Gasteiger partial charge in [-0.2, -0.15) is 5.01 Å². The lowest BCUT2D eigenvalue weighted by molar-refractivity contribution is -0.123. The van der Waals surface area contributed by atoms with Gasteiger partial charge in [0, 0.05) is 10.6 Å². The highest BCUT2D eigenvalue weighted by molar-refractivity contribution is 9.10. The van der Waals surface area contributed by atoms with Gasteiger partial charge in [0.2, 0.25) is 0 Å². The Kier molecular flexibility index (Phi) is 8.12. The van der Waals surface area contributed by atoms with Gasteiger partial charge in [-0.15, -0.1) is 0 Å². The van der Waals surface area contributed by atoms with Crippen molar-refractivity contribution in [2.24, 2.45) is 0 Å². The molecule has 0 saturated carbocycles. The van der Waals surface area contributed by atoms with E-state index >= 15 is 0 Å². The number of thiocarbonyl (C=S) groups is 1. The molecular formula is C25H18BrClN2O4S2. The van der Waals surface area contributed by atoms with Crippen molar-refractivity contribution < 1.29 is 19.1 Å². The number of nitrogens with one attached hydrogen (secondary N) is 1. The molecule has 0 aromatic heterocycles. The summed E-state index contributed by atoms with van der Waals surface area (Å²) in [5, 5.41) is 1.73. The quantitative estimate of drug-likeness (QED) is 0.260. The topological polar surface area (TPSA) is 67.9 Å². The number of carbonyl (C=O) groups is 2. The van der Waals surface area contributed by atoms with Crippen LogP contribution >= 0.6 is 51.5 Å². The standard InChI is InChI=1S/C25H18BrClN2O4S2/c1-32-20-12-16(11-19(26)22(20)33-14-15-7-9-18(27)10-8-15)13-21-24(31)29(25(34)35-21)28-23(30)17-5-3-2-4-6-17/h2-13H,14H2,1H3,(H,28,30). The maximum Gasteiger partial charge on any atom is 0.285 e. The van der Waals surface area contributed by atoms with Gasteiger partial charge in [0.15, 0.2) is 15.8 Å². The molecule has 10 heteroatoms. The lowest BCUT2D eigenvalue weighted by Crippen LogP contribution is -2.44. The van der Waals surface area contributed by atoms with E-state index in [0.29, 0.717) is 43.6 Å². The molecule has 3 aromatic rings. The molecule has 0 radical (unpaired) electrons. The second-order valence-electron chi connectivity index (χ2n) is 7.27. The average Bonchev–Trinajstić information content (AvgIpc) is 3.11. The maximum absolute atomic E-state index is 12.9. The molecule has 4 rings (SSSR count). The van der Waals surface area contributed by atoms with Gasteiger partial charge < -0.3 is 9.47 Å². The summed E-state index contributed by atoms with van der Waals surface area (Å²) in [5.41, 5.74) is 4.64. The van der Waals surface area contributed by atoms with Gasteiger partial charge >= 0.3 is 0 Å². The van der Waals surface area contributed by atoms with E-state index in [-0.39, 0.29) is 4.32 Å². The van der Waals surface area contributed by atoms with E-state index < -0.39 is 11.8 Å². The van der Waals surface area contributed by atoms with E-state index in [2.05, 4.69) is 21.4 Å². The number of amides is 2. The van der Waals surface area contributed by atoms with Crippen molar-refractivity contribution in [2.45, 2.75) is 6.61 Å². The number of hydrogen-bond acceptors (Lipinski definition) is 6. The molecule has 1 heterocycles. The SMILES string of the molecule is COc1cc(C=C2SC(=S)N(NC(=O)c3ccccc3)C2=O)cc(Br)c1OCc1ccc(Cl)cc1. The van der Waals surface area contributed by atoms with Crippen molar-refractivity contribution in [2.75, 3.05) is 7.11 Å². The number of benzene rings is 3. The molecule has 1 aliphatic heterocycles. The zero-order chi connectivity index (χ0) is 24.9.